The van der Waals surface area contributed by atoms with Crippen molar-refractivity contribution in [3.05, 3.63) is 144 Å². The molecule has 21 nitrogen and oxygen atoms in total. The molecule has 0 aliphatic carbocycles. The second kappa shape index (κ2) is 17.7. The molecule has 68 heavy (non-hydrogen) atoms. The molecule has 6 amide bonds. The van der Waals surface area contributed by atoms with Gasteiger partial charge in [-0.15, -0.1) is 0 Å². The maximum atomic E-state index is 13.3. The zero-order chi connectivity index (χ0) is 48.8. The maximum Gasteiger partial charge on any atom is 0.325 e. The Kier molecular flexibility index (Phi) is 12.0. The van der Waals surface area contributed by atoms with E-state index in [9.17, 15) is 49.9 Å². The van der Waals surface area contributed by atoms with E-state index in [4.69, 9.17) is 0 Å². The quantitative estimate of drug-likeness (QED) is 0.0795. The first-order valence-corrected chi connectivity index (χ1v) is 22.9. The van der Waals surface area contributed by atoms with Crippen LogP contribution in [0.2, 0.25) is 0 Å². The summed E-state index contributed by atoms with van der Waals surface area (Å²) in [7, 11) is -2.89. The van der Waals surface area contributed by atoms with Gasteiger partial charge in [-0.2, -0.15) is 0 Å². The summed E-state index contributed by atoms with van der Waals surface area (Å²) >= 11 is 0. The number of aromatic nitrogens is 4. The highest BCUT2D eigenvalue weighted by Crippen LogP contribution is 2.26. The van der Waals surface area contributed by atoms with Crippen LogP contribution in [0.4, 0.5) is 39.4 Å². The molecule has 0 radical (unpaired) electrons. The zero-order valence-electron chi connectivity index (χ0n) is 36.1. The van der Waals surface area contributed by atoms with E-state index in [1.807, 2.05) is 0 Å². The van der Waals surface area contributed by atoms with Crippen molar-refractivity contribution in [2.75, 3.05) is 31.9 Å². The smallest absolute Gasteiger partial charge is 0.325 e. The van der Waals surface area contributed by atoms with Crippen molar-refractivity contribution < 1.29 is 49.9 Å². The van der Waals surface area contributed by atoms with E-state index < -0.39 is 59.7 Å². The molecule has 0 aliphatic heterocycles. The van der Waals surface area contributed by atoms with Gasteiger partial charge < -0.3 is 48.6 Å². The molecule has 0 saturated heterocycles. The van der Waals surface area contributed by atoms with Gasteiger partial charge in [0, 0.05) is 64.4 Å². The van der Waals surface area contributed by atoms with E-state index in [1.165, 1.54) is 116 Å². The zero-order valence-corrected chi connectivity index (χ0v) is 37.8. The van der Waals surface area contributed by atoms with Gasteiger partial charge in [-0.3, -0.25) is 29.8 Å². The summed E-state index contributed by atoms with van der Waals surface area (Å²) in [4.78, 5) is 65.3. The molecule has 0 saturated carbocycles. The number of nitrogens with one attached hydrogen (secondary N) is 6. The average molecular weight is 959 g/mol. The number of fused-ring (bicyclic) bond motifs is 2. The van der Waals surface area contributed by atoms with Gasteiger partial charge in [-0.1, -0.05) is 24.3 Å². The molecule has 0 aliphatic rings. The Bertz CT molecular complexity index is 3410. The van der Waals surface area contributed by atoms with Crippen molar-refractivity contribution in [1.82, 2.24) is 18.3 Å². The number of urea groups is 1. The highest BCUT2D eigenvalue weighted by Gasteiger charge is 2.20. The van der Waals surface area contributed by atoms with Crippen molar-refractivity contribution in [3.63, 3.8) is 0 Å². The first-order chi connectivity index (χ1) is 32.1. The number of carbonyl (C=O) groups excluding carboxylic acids is 5. The van der Waals surface area contributed by atoms with Gasteiger partial charge in [0.15, 0.2) is 0 Å². The van der Waals surface area contributed by atoms with Gasteiger partial charge >= 0.3 is 6.03 Å². The lowest BCUT2D eigenvalue weighted by atomic mass is 10.1. The number of amides is 6. The van der Waals surface area contributed by atoms with Crippen LogP contribution >= 0.6 is 0 Å². The molecule has 8 aromatic rings. The molecule has 0 unspecified atom stereocenters. The van der Waals surface area contributed by atoms with Crippen molar-refractivity contribution in [2.24, 2.45) is 28.2 Å². The summed E-state index contributed by atoms with van der Waals surface area (Å²) in [5.74, 6) is -1.09. The summed E-state index contributed by atoms with van der Waals surface area (Å²) in [6.45, 7) is 0. The van der Waals surface area contributed by atoms with E-state index in [2.05, 4.69) is 31.9 Å². The number of aryl methyl sites for hydroxylation is 4. The molecule has 23 heteroatoms. The molecule has 0 atom stereocenters. The van der Waals surface area contributed by atoms with E-state index in [1.54, 1.807) is 52.5 Å². The van der Waals surface area contributed by atoms with Crippen LogP contribution in [0.1, 0.15) is 41.4 Å². The molecule has 4 aromatic carbocycles. The van der Waals surface area contributed by atoms with Crippen molar-refractivity contribution in [3.8, 4) is 0 Å². The standard InChI is InChI=1S/C45H40N10O11S2/c1-52-21-29(41(56)46-33-9-5-25-7-11-35(67(61,62)63)15-27(25)13-33)17-37(52)48-43(58)31-19-39(54(3)23-31)50-45(60)51-40-20-32(24-55(40)4)44(59)49-38-18-30(22-53(38)2)42(57)47-34-10-6-26-8-12-36(68(64,65)66)16-28(26)14-34/h5-24H,1-4H3,(H,46,56)(H,47,57)(H,48,58)(H,49,59)(H2,50,51,60)(H,61,62,63)(H,64,65,66)/p-2. The third-order valence-electron chi connectivity index (χ3n) is 10.8. The van der Waals surface area contributed by atoms with Gasteiger partial charge in [-0.05, 0) is 94.3 Å². The SMILES string of the molecule is Cn1cc(C(=O)Nc2cc(C(=O)Nc3ccc4ccc(S(=O)(=O)[O-])cc4c3)cn2C)cc1NC(=O)Nc1cc(C(=O)Nc2cc(C(=O)Nc3ccc4ccc(S(=O)(=O)[O-])cc4c3)cn2C)cn1C. The van der Waals surface area contributed by atoms with Crippen LogP contribution in [0.3, 0.4) is 0 Å². The third kappa shape index (κ3) is 9.99. The topological polar surface area (TPSA) is 292 Å². The summed E-state index contributed by atoms with van der Waals surface area (Å²) in [5, 5.41) is 18.5. The lowest BCUT2D eigenvalue weighted by molar-refractivity contribution is 0.101. The first kappa shape index (κ1) is 46.0. The molecule has 0 fully saturated rings. The highest BCUT2D eigenvalue weighted by molar-refractivity contribution is 7.86. The Labute approximate surface area is 386 Å². The van der Waals surface area contributed by atoms with Crippen molar-refractivity contribution in [2.45, 2.75) is 9.79 Å². The molecule has 348 valence electrons. The predicted molar refractivity (Wildman–Crippen MR) is 250 cm³/mol. The van der Waals surface area contributed by atoms with Crippen LogP contribution in [0.5, 0.6) is 0 Å². The molecule has 8 rings (SSSR count). The largest absolute Gasteiger partial charge is 0.744 e. The molecular weight excluding hydrogens is 921 g/mol. The number of hydrogen-bond donors (Lipinski definition) is 6. The minimum absolute atomic E-state index is 0.174. The number of nitrogens with zero attached hydrogens (tertiary/aromatic N) is 4. The second-order valence-corrected chi connectivity index (χ2v) is 18.4. The van der Waals surface area contributed by atoms with E-state index in [-0.39, 0.29) is 45.5 Å². The number of hydrogen-bond acceptors (Lipinski definition) is 11. The number of anilines is 6. The molecule has 4 heterocycles. The van der Waals surface area contributed by atoms with Crippen LogP contribution in [-0.4, -0.2) is 73.9 Å². The van der Waals surface area contributed by atoms with Gasteiger partial charge in [0.05, 0.1) is 32.0 Å². The van der Waals surface area contributed by atoms with Gasteiger partial charge in [0.1, 0.15) is 43.5 Å². The molecule has 4 aromatic heterocycles. The monoisotopic (exact) mass is 958 g/mol. The fourth-order valence-electron chi connectivity index (χ4n) is 7.22. The third-order valence-corrected chi connectivity index (χ3v) is 12.4. The lowest BCUT2D eigenvalue weighted by Crippen LogP contribution is -2.22. The Morgan fingerprint density at radius 3 is 1.00 bits per heavy atom. The molecule has 0 bridgehead atoms. The number of benzene rings is 4. The minimum atomic E-state index is -4.68. The fraction of sp³-hybridized carbons (Fsp3) is 0.0889. The Balaban J connectivity index is 0.855. The van der Waals surface area contributed by atoms with E-state index >= 15 is 0 Å². The van der Waals surface area contributed by atoms with Crippen LogP contribution in [0.15, 0.2) is 132 Å². The van der Waals surface area contributed by atoms with Crippen LogP contribution in [0, 0.1) is 0 Å². The molecule has 0 spiro atoms. The molecular formula is C45H38N10O11S2-2. The van der Waals surface area contributed by atoms with Crippen LogP contribution in [0.25, 0.3) is 21.5 Å². The number of rotatable bonds is 12. The first-order valence-electron chi connectivity index (χ1n) is 20.1. The van der Waals surface area contributed by atoms with E-state index in [0.717, 1.165) is 0 Å². The summed E-state index contributed by atoms with van der Waals surface area (Å²) < 4.78 is 75.0. The lowest BCUT2D eigenvalue weighted by Gasteiger charge is -2.09. The summed E-state index contributed by atoms with van der Waals surface area (Å²) in [6, 6.07) is 22.6. The highest BCUT2D eigenvalue weighted by atomic mass is 32.2. The van der Waals surface area contributed by atoms with Crippen LogP contribution in [-0.2, 0) is 48.4 Å². The normalized spacial score (nSPS) is 11.6. The second-order valence-electron chi connectivity index (χ2n) is 15.7. The Hall–Kier alpha value is -8.51. The van der Waals surface area contributed by atoms with Gasteiger partial charge in [0.2, 0.25) is 0 Å². The fourth-order valence-corrected chi connectivity index (χ4v) is 8.23. The minimum Gasteiger partial charge on any atom is -0.744 e. The Morgan fingerprint density at radius 2 is 0.676 bits per heavy atom. The van der Waals surface area contributed by atoms with Crippen LogP contribution < -0.4 is 31.9 Å². The van der Waals surface area contributed by atoms with Gasteiger partial charge in [-0.25, -0.2) is 21.6 Å². The maximum absolute atomic E-state index is 13.3. The summed E-state index contributed by atoms with van der Waals surface area (Å²) in [6.07, 6.45) is 5.97. The number of carbonyl (C=O) groups is 5. The summed E-state index contributed by atoms with van der Waals surface area (Å²) in [5.41, 5.74) is 1.43. The van der Waals surface area contributed by atoms with E-state index in [0.29, 0.717) is 32.9 Å². The molecule has 6 N–H and O–H groups in total. The average Bonchev–Trinajstić information content (AvgIpc) is 4.04. The van der Waals surface area contributed by atoms with Crippen molar-refractivity contribution in [1.29, 1.82) is 0 Å². The Morgan fingerprint density at radius 1 is 0.382 bits per heavy atom. The predicted octanol–water partition coefficient (Wildman–Crippen LogP) is 5.81. The van der Waals surface area contributed by atoms with Crippen molar-refractivity contribution >= 4 is 106 Å². The van der Waals surface area contributed by atoms with Gasteiger partial charge in [0.25, 0.3) is 23.6 Å².